The van der Waals surface area contributed by atoms with Crippen molar-refractivity contribution in [2.75, 3.05) is 0 Å². The Labute approximate surface area is 116 Å². The van der Waals surface area contributed by atoms with Crippen molar-refractivity contribution in [3.05, 3.63) is 35.9 Å². The zero-order valence-electron chi connectivity index (χ0n) is 12.4. The van der Waals surface area contributed by atoms with E-state index in [1.54, 1.807) is 0 Å². The Balaban J connectivity index is 3.02. The van der Waals surface area contributed by atoms with Gasteiger partial charge in [0.15, 0.2) is 0 Å². The number of carbonyl (C=O) groups is 1. The first-order valence-corrected chi connectivity index (χ1v) is 7.38. The van der Waals surface area contributed by atoms with Gasteiger partial charge in [-0.05, 0) is 24.3 Å². The SMILES string of the molecule is CCCCCC(C)C(CC)(C(=O)O)c1ccccc1. The van der Waals surface area contributed by atoms with Crippen molar-refractivity contribution in [2.45, 2.75) is 58.3 Å². The lowest BCUT2D eigenvalue weighted by molar-refractivity contribution is -0.146. The zero-order chi connectivity index (χ0) is 14.3. The van der Waals surface area contributed by atoms with Gasteiger partial charge < -0.3 is 5.11 Å². The highest BCUT2D eigenvalue weighted by Gasteiger charge is 2.43. The molecule has 0 spiro atoms. The van der Waals surface area contributed by atoms with Crippen molar-refractivity contribution < 1.29 is 9.90 Å². The third kappa shape index (κ3) is 3.37. The van der Waals surface area contributed by atoms with Crippen LogP contribution in [0.25, 0.3) is 0 Å². The molecule has 0 amide bonds. The third-order valence-electron chi connectivity index (χ3n) is 4.31. The highest BCUT2D eigenvalue weighted by Crippen LogP contribution is 2.38. The van der Waals surface area contributed by atoms with Crippen molar-refractivity contribution in [3.8, 4) is 0 Å². The molecule has 19 heavy (non-hydrogen) atoms. The van der Waals surface area contributed by atoms with Gasteiger partial charge in [0, 0.05) is 0 Å². The molecular formula is C17H26O2. The van der Waals surface area contributed by atoms with Crippen LogP contribution in [0.15, 0.2) is 30.3 Å². The molecule has 2 nitrogen and oxygen atoms in total. The van der Waals surface area contributed by atoms with Crippen LogP contribution < -0.4 is 0 Å². The first-order chi connectivity index (χ1) is 9.09. The third-order valence-corrected chi connectivity index (χ3v) is 4.31. The van der Waals surface area contributed by atoms with Gasteiger partial charge in [-0.25, -0.2) is 0 Å². The number of hydrogen-bond donors (Lipinski definition) is 1. The predicted molar refractivity (Wildman–Crippen MR) is 79.4 cm³/mol. The Morgan fingerprint density at radius 3 is 2.32 bits per heavy atom. The Hall–Kier alpha value is -1.31. The number of carboxylic acids is 1. The van der Waals surface area contributed by atoms with Crippen LogP contribution in [-0.4, -0.2) is 11.1 Å². The monoisotopic (exact) mass is 262 g/mol. The molecule has 0 radical (unpaired) electrons. The van der Waals surface area contributed by atoms with Crippen LogP contribution in [0.1, 0.15) is 58.4 Å². The molecule has 1 aromatic rings. The van der Waals surface area contributed by atoms with E-state index in [0.717, 1.165) is 18.4 Å². The van der Waals surface area contributed by atoms with E-state index in [1.165, 1.54) is 12.8 Å². The van der Waals surface area contributed by atoms with Gasteiger partial charge in [-0.15, -0.1) is 0 Å². The minimum Gasteiger partial charge on any atom is -0.481 e. The van der Waals surface area contributed by atoms with E-state index in [1.807, 2.05) is 37.3 Å². The largest absolute Gasteiger partial charge is 0.481 e. The smallest absolute Gasteiger partial charge is 0.314 e. The summed E-state index contributed by atoms with van der Waals surface area (Å²) in [5.74, 6) is -0.533. The van der Waals surface area contributed by atoms with Crippen molar-refractivity contribution in [1.29, 1.82) is 0 Å². The van der Waals surface area contributed by atoms with Crippen LogP contribution in [0.4, 0.5) is 0 Å². The highest BCUT2D eigenvalue weighted by molar-refractivity contribution is 5.81. The van der Waals surface area contributed by atoms with Crippen LogP contribution in [0.2, 0.25) is 0 Å². The molecule has 1 N–H and O–H groups in total. The average molecular weight is 262 g/mol. The number of unbranched alkanes of at least 4 members (excludes halogenated alkanes) is 2. The molecule has 0 saturated carbocycles. The summed E-state index contributed by atoms with van der Waals surface area (Å²) < 4.78 is 0. The van der Waals surface area contributed by atoms with Crippen molar-refractivity contribution in [1.82, 2.24) is 0 Å². The molecule has 0 saturated heterocycles. The summed E-state index contributed by atoms with van der Waals surface area (Å²) >= 11 is 0. The minimum atomic E-state index is -0.741. The first kappa shape index (κ1) is 15.7. The van der Waals surface area contributed by atoms with Gasteiger partial charge in [-0.2, -0.15) is 0 Å². The van der Waals surface area contributed by atoms with Crippen LogP contribution in [0.3, 0.4) is 0 Å². The van der Waals surface area contributed by atoms with Crippen molar-refractivity contribution >= 4 is 5.97 Å². The van der Waals surface area contributed by atoms with Gasteiger partial charge in [0.1, 0.15) is 0 Å². The van der Waals surface area contributed by atoms with Crippen LogP contribution in [-0.2, 0) is 10.2 Å². The predicted octanol–water partition coefficient (Wildman–Crippen LogP) is 4.64. The molecule has 106 valence electrons. The lowest BCUT2D eigenvalue weighted by Gasteiger charge is -2.35. The van der Waals surface area contributed by atoms with Crippen LogP contribution >= 0.6 is 0 Å². The molecule has 1 aromatic carbocycles. The second kappa shape index (κ2) is 7.32. The average Bonchev–Trinajstić information content (AvgIpc) is 2.41. The Bertz CT molecular complexity index is 386. The van der Waals surface area contributed by atoms with Gasteiger partial charge >= 0.3 is 5.97 Å². The molecule has 2 unspecified atom stereocenters. The summed E-state index contributed by atoms with van der Waals surface area (Å²) in [7, 11) is 0. The van der Waals surface area contributed by atoms with Gasteiger partial charge in [-0.1, -0.05) is 70.4 Å². The van der Waals surface area contributed by atoms with E-state index < -0.39 is 11.4 Å². The lowest BCUT2D eigenvalue weighted by atomic mass is 9.67. The number of benzene rings is 1. The lowest BCUT2D eigenvalue weighted by Crippen LogP contribution is -2.41. The van der Waals surface area contributed by atoms with Crippen LogP contribution in [0.5, 0.6) is 0 Å². The molecular weight excluding hydrogens is 236 g/mol. The molecule has 0 heterocycles. The summed E-state index contributed by atoms with van der Waals surface area (Å²) in [6, 6.07) is 9.71. The number of aliphatic carboxylic acids is 1. The standard InChI is InChI=1S/C17H26O2/c1-4-6-8-11-14(3)17(5-2,16(18)19)15-12-9-7-10-13-15/h7,9-10,12-14H,4-6,8,11H2,1-3H3,(H,18,19). The fourth-order valence-electron chi connectivity index (χ4n) is 3.01. The van der Waals surface area contributed by atoms with E-state index in [0.29, 0.717) is 6.42 Å². The number of hydrogen-bond acceptors (Lipinski definition) is 1. The maximum atomic E-state index is 11.9. The molecule has 0 aromatic heterocycles. The molecule has 2 atom stereocenters. The Morgan fingerprint density at radius 1 is 1.21 bits per heavy atom. The molecule has 0 aliphatic heterocycles. The van der Waals surface area contributed by atoms with Gasteiger partial charge in [0.05, 0.1) is 5.41 Å². The summed E-state index contributed by atoms with van der Waals surface area (Å²) in [6.45, 7) is 6.24. The van der Waals surface area contributed by atoms with E-state index in [4.69, 9.17) is 0 Å². The molecule has 0 fully saturated rings. The van der Waals surface area contributed by atoms with E-state index in [2.05, 4.69) is 13.8 Å². The van der Waals surface area contributed by atoms with E-state index in [-0.39, 0.29) is 5.92 Å². The summed E-state index contributed by atoms with van der Waals surface area (Å²) in [5, 5.41) is 9.80. The van der Waals surface area contributed by atoms with Gasteiger partial charge in [-0.3, -0.25) is 4.79 Å². The number of rotatable bonds is 8. The summed E-state index contributed by atoms with van der Waals surface area (Å²) in [6.07, 6.45) is 5.07. The van der Waals surface area contributed by atoms with Gasteiger partial charge in [0.25, 0.3) is 0 Å². The molecule has 0 aliphatic rings. The number of carboxylic acid groups (broad SMARTS) is 1. The molecule has 1 rings (SSSR count). The second-order valence-electron chi connectivity index (χ2n) is 5.39. The molecule has 0 bridgehead atoms. The van der Waals surface area contributed by atoms with Crippen LogP contribution in [0, 0.1) is 5.92 Å². The topological polar surface area (TPSA) is 37.3 Å². The summed E-state index contributed by atoms with van der Waals surface area (Å²) in [5.41, 5.74) is 0.198. The Kier molecular flexibility index (Phi) is 6.07. The van der Waals surface area contributed by atoms with E-state index in [9.17, 15) is 9.90 Å². The van der Waals surface area contributed by atoms with Crippen molar-refractivity contribution in [3.63, 3.8) is 0 Å². The molecule has 0 aliphatic carbocycles. The zero-order valence-corrected chi connectivity index (χ0v) is 12.4. The first-order valence-electron chi connectivity index (χ1n) is 7.38. The Morgan fingerprint density at radius 2 is 1.84 bits per heavy atom. The second-order valence-corrected chi connectivity index (χ2v) is 5.39. The van der Waals surface area contributed by atoms with Gasteiger partial charge in [0.2, 0.25) is 0 Å². The summed E-state index contributed by atoms with van der Waals surface area (Å²) in [4.78, 5) is 11.9. The molecule has 2 heteroatoms. The minimum absolute atomic E-state index is 0.156. The highest BCUT2D eigenvalue weighted by atomic mass is 16.4. The maximum Gasteiger partial charge on any atom is 0.314 e. The fraction of sp³-hybridized carbons (Fsp3) is 0.588. The quantitative estimate of drug-likeness (QED) is 0.693. The van der Waals surface area contributed by atoms with E-state index >= 15 is 0 Å². The van der Waals surface area contributed by atoms with Crippen molar-refractivity contribution in [2.24, 2.45) is 5.92 Å². The maximum absolute atomic E-state index is 11.9. The fourth-order valence-corrected chi connectivity index (χ4v) is 3.01. The normalized spacial score (nSPS) is 15.7.